The Labute approximate surface area is 111 Å². The summed E-state index contributed by atoms with van der Waals surface area (Å²) in [6, 6.07) is 9.97. The fraction of sp³-hybridized carbons (Fsp3) is 0.385. The highest BCUT2D eigenvalue weighted by atomic mass is 32.2. The molecule has 1 unspecified atom stereocenters. The summed E-state index contributed by atoms with van der Waals surface area (Å²) in [7, 11) is 0. The van der Waals surface area contributed by atoms with Crippen molar-refractivity contribution < 1.29 is 14.3 Å². The van der Waals surface area contributed by atoms with Crippen LogP contribution in [-0.2, 0) is 14.3 Å². The van der Waals surface area contributed by atoms with Crippen LogP contribution in [0.5, 0.6) is 0 Å². The lowest BCUT2D eigenvalue weighted by Crippen LogP contribution is -2.30. The number of amides is 1. The summed E-state index contributed by atoms with van der Waals surface area (Å²) in [6.07, 6.45) is 0.167. The standard InChI is InChI=1S/C13H17NO3S/c1-10(13(14)16)17-12(15)8-5-9-18-11-6-3-2-4-7-11/h2-4,6-7,10H,5,8-9H2,1H3,(H2,14,16). The van der Waals surface area contributed by atoms with Crippen molar-refractivity contribution in [2.75, 3.05) is 5.75 Å². The molecule has 0 heterocycles. The third-order valence-corrected chi connectivity index (χ3v) is 3.34. The van der Waals surface area contributed by atoms with Gasteiger partial charge in [0.05, 0.1) is 0 Å². The topological polar surface area (TPSA) is 69.4 Å². The van der Waals surface area contributed by atoms with E-state index in [9.17, 15) is 9.59 Å². The van der Waals surface area contributed by atoms with Crippen LogP contribution in [0, 0.1) is 0 Å². The molecule has 1 amide bonds. The first-order chi connectivity index (χ1) is 8.59. The lowest BCUT2D eigenvalue weighted by molar-refractivity contribution is -0.153. The molecule has 0 aliphatic heterocycles. The van der Waals surface area contributed by atoms with Gasteiger partial charge in [0.1, 0.15) is 0 Å². The minimum absolute atomic E-state index is 0.303. The van der Waals surface area contributed by atoms with Gasteiger partial charge in [-0.05, 0) is 31.2 Å². The van der Waals surface area contributed by atoms with Crippen molar-refractivity contribution in [3.8, 4) is 0 Å². The van der Waals surface area contributed by atoms with Gasteiger partial charge in [-0.25, -0.2) is 0 Å². The number of esters is 1. The first-order valence-electron chi connectivity index (χ1n) is 5.76. The van der Waals surface area contributed by atoms with Crippen molar-refractivity contribution in [1.82, 2.24) is 0 Å². The molecule has 0 aliphatic carbocycles. The molecule has 5 heteroatoms. The van der Waals surface area contributed by atoms with E-state index in [1.54, 1.807) is 11.8 Å². The van der Waals surface area contributed by atoms with E-state index in [1.807, 2.05) is 30.3 Å². The van der Waals surface area contributed by atoms with Crippen molar-refractivity contribution in [2.45, 2.75) is 30.8 Å². The van der Waals surface area contributed by atoms with Gasteiger partial charge < -0.3 is 10.5 Å². The molecule has 0 saturated carbocycles. The number of hydrogen-bond acceptors (Lipinski definition) is 4. The zero-order valence-electron chi connectivity index (χ0n) is 10.3. The zero-order valence-corrected chi connectivity index (χ0v) is 11.1. The lowest BCUT2D eigenvalue weighted by atomic mass is 10.3. The van der Waals surface area contributed by atoms with Gasteiger partial charge in [-0.15, -0.1) is 11.8 Å². The SMILES string of the molecule is CC(OC(=O)CCCSc1ccccc1)C(N)=O. The highest BCUT2D eigenvalue weighted by molar-refractivity contribution is 7.99. The van der Waals surface area contributed by atoms with Gasteiger partial charge in [0.2, 0.25) is 0 Å². The normalized spacial score (nSPS) is 11.8. The second kappa shape index (κ2) is 7.76. The third-order valence-electron chi connectivity index (χ3n) is 2.25. The Morgan fingerprint density at radius 3 is 2.61 bits per heavy atom. The molecule has 0 aromatic heterocycles. The van der Waals surface area contributed by atoms with Crippen molar-refractivity contribution >= 4 is 23.6 Å². The number of nitrogens with two attached hydrogens (primary N) is 1. The van der Waals surface area contributed by atoms with Crippen LogP contribution in [0.1, 0.15) is 19.8 Å². The Balaban J connectivity index is 2.14. The highest BCUT2D eigenvalue weighted by Crippen LogP contribution is 2.18. The molecule has 0 fully saturated rings. The average Bonchev–Trinajstić information content (AvgIpc) is 2.35. The van der Waals surface area contributed by atoms with E-state index >= 15 is 0 Å². The number of primary amides is 1. The van der Waals surface area contributed by atoms with Gasteiger partial charge >= 0.3 is 5.97 Å². The number of thioether (sulfide) groups is 1. The van der Waals surface area contributed by atoms with Crippen molar-refractivity contribution in [3.05, 3.63) is 30.3 Å². The molecular weight excluding hydrogens is 250 g/mol. The van der Waals surface area contributed by atoms with Gasteiger partial charge in [0, 0.05) is 11.3 Å². The van der Waals surface area contributed by atoms with Crippen LogP contribution in [0.3, 0.4) is 0 Å². The van der Waals surface area contributed by atoms with Crippen molar-refractivity contribution in [2.24, 2.45) is 5.73 Å². The number of benzene rings is 1. The molecule has 2 N–H and O–H groups in total. The zero-order chi connectivity index (χ0) is 13.4. The molecule has 0 aliphatic rings. The van der Waals surface area contributed by atoms with Crippen molar-refractivity contribution in [3.63, 3.8) is 0 Å². The van der Waals surface area contributed by atoms with Crippen LogP contribution >= 0.6 is 11.8 Å². The fourth-order valence-corrected chi connectivity index (χ4v) is 2.11. The predicted molar refractivity (Wildman–Crippen MR) is 71.1 cm³/mol. The Morgan fingerprint density at radius 2 is 2.00 bits per heavy atom. The van der Waals surface area contributed by atoms with Crippen LogP contribution in [0.25, 0.3) is 0 Å². The first kappa shape index (κ1) is 14.6. The second-order valence-electron chi connectivity index (χ2n) is 3.80. The number of carbonyl (C=O) groups is 2. The number of rotatable bonds is 7. The minimum atomic E-state index is -0.848. The Morgan fingerprint density at radius 1 is 1.33 bits per heavy atom. The molecule has 0 spiro atoms. The summed E-state index contributed by atoms with van der Waals surface area (Å²) in [4.78, 5) is 23.2. The summed E-state index contributed by atoms with van der Waals surface area (Å²) in [6.45, 7) is 1.47. The van der Waals surface area contributed by atoms with Gasteiger partial charge in [-0.3, -0.25) is 9.59 Å². The van der Waals surface area contributed by atoms with E-state index in [0.29, 0.717) is 12.8 Å². The number of carbonyl (C=O) groups excluding carboxylic acids is 2. The maximum atomic E-state index is 11.3. The fourth-order valence-electron chi connectivity index (χ4n) is 1.24. The van der Waals surface area contributed by atoms with Crippen LogP contribution < -0.4 is 5.73 Å². The van der Waals surface area contributed by atoms with Gasteiger partial charge in [0.25, 0.3) is 5.91 Å². The quantitative estimate of drug-likeness (QED) is 0.466. The van der Waals surface area contributed by atoms with Crippen LogP contribution in [0.15, 0.2) is 35.2 Å². The molecule has 98 valence electrons. The van der Waals surface area contributed by atoms with E-state index in [-0.39, 0.29) is 5.97 Å². The first-order valence-corrected chi connectivity index (χ1v) is 6.75. The molecule has 1 aromatic carbocycles. The Kier molecular flexibility index (Phi) is 6.28. The van der Waals surface area contributed by atoms with E-state index in [1.165, 1.54) is 11.8 Å². The van der Waals surface area contributed by atoms with Crippen LogP contribution in [0.4, 0.5) is 0 Å². The van der Waals surface area contributed by atoms with E-state index in [0.717, 1.165) is 5.75 Å². The maximum absolute atomic E-state index is 11.3. The minimum Gasteiger partial charge on any atom is -0.453 e. The monoisotopic (exact) mass is 267 g/mol. The molecular formula is C13H17NO3S. The molecule has 1 atom stereocenters. The van der Waals surface area contributed by atoms with E-state index in [2.05, 4.69) is 0 Å². The number of hydrogen-bond donors (Lipinski definition) is 1. The molecule has 1 aromatic rings. The largest absolute Gasteiger partial charge is 0.453 e. The van der Waals surface area contributed by atoms with E-state index < -0.39 is 12.0 Å². The summed E-state index contributed by atoms with van der Waals surface area (Å²) < 4.78 is 4.84. The summed E-state index contributed by atoms with van der Waals surface area (Å²) in [5.41, 5.74) is 4.99. The summed E-state index contributed by atoms with van der Waals surface area (Å²) in [5.74, 6) is -0.165. The Hall–Kier alpha value is -1.49. The molecule has 1 rings (SSSR count). The maximum Gasteiger partial charge on any atom is 0.306 e. The van der Waals surface area contributed by atoms with E-state index in [4.69, 9.17) is 10.5 Å². The van der Waals surface area contributed by atoms with Crippen molar-refractivity contribution in [1.29, 1.82) is 0 Å². The van der Waals surface area contributed by atoms with Gasteiger partial charge in [-0.2, -0.15) is 0 Å². The highest BCUT2D eigenvalue weighted by Gasteiger charge is 2.13. The number of ether oxygens (including phenoxy) is 1. The molecule has 0 saturated heterocycles. The lowest BCUT2D eigenvalue weighted by Gasteiger charge is -2.09. The predicted octanol–water partition coefficient (Wildman–Crippen LogP) is 1.98. The summed E-state index contributed by atoms with van der Waals surface area (Å²) >= 11 is 1.69. The second-order valence-corrected chi connectivity index (χ2v) is 4.97. The average molecular weight is 267 g/mol. The summed E-state index contributed by atoms with van der Waals surface area (Å²) in [5, 5.41) is 0. The van der Waals surface area contributed by atoms with Crippen LogP contribution in [-0.4, -0.2) is 23.7 Å². The molecule has 18 heavy (non-hydrogen) atoms. The molecule has 4 nitrogen and oxygen atoms in total. The molecule has 0 radical (unpaired) electrons. The van der Waals surface area contributed by atoms with Crippen LogP contribution in [0.2, 0.25) is 0 Å². The third kappa shape index (κ3) is 5.72. The smallest absolute Gasteiger partial charge is 0.306 e. The van der Waals surface area contributed by atoms with Gasteiger partial charge in [-0.1, -0.05) is 18.2 Å². The molecule has 0 bridgehead atoms. The van der Waals surface area contributed by atoms with Gasteiger partial charge in [0.15, 0.2) is 6.10 Å². The Bertz CT molecular complexity index is 394.